The summed E-state index contributed by atoms with van der Waals surface area (Å²) in [4.78, 5) is 3.90. The number of hydrogen-bond donors (Lipinski definition) is 1. The SMILES string of the molecule is CCCNCc1occc1CN(Cc1cccs1)C(C)C. The number of hydrogen-bond acceptors (Lipinski definition) is 4. The predicted molar refractivity (Wildman–Crippen MR) is 89.4 cm³/mol. The molecule has 0 atom stereocenters. The van der Waals surface area contributed by atoms with Gasteiger partial charge in [0.25, 0.3) is 0 Å². The van der Waals surface area contributed by atoms with Gasteiger partial charge in [-0.05, 0) is 44.3 Å². The maximum atomic E-state index is 5.64. The zero-order valence-corrected chi connectivity index (χ0v) is 14.1. The van der Waals surface area contributed by atoms with Crippen molar-refractivity contribution < 1.29 is 4.42 Å². The highest BCUT2D eigenvalue weighted by Gasteiger charge is 2.15. The third-order valence-corrected chi connectivity index (χ3v) is 4.45. The Hall–Kier alpha value is -1.10. The van der Waals surface area contributed by atoms with E-state index in [9.17, 15) is 0 Å². The summed E-state index contributed by atoms with van der Waals surface area (Å²) in [5, 5.41) is 5.56. The standard InChI is InChI=1S/C17H26N2OS/c1-4-8-18-11-17-15(7-9-20-17)12-19(14(2)3)13-16-6-5-10-21-16/h5-7,9-10,14,18H,4,8,11-13H2,1-3H3. The lowest BCUT2D eigenvalue weighted by atomic mass is 10.2. The molecule has 0 bridgehead atoms. The average molecular weight is 306 g/mol. The summed E-state index contributed by atoms with van der Waals surface area (Å²) in [6, 6.07) is 6.95. The number of rotatable bonds is 9. The van der Waals surface area contributed by atoms with E-state index in [0.29, 0.717) is 6.04 Å². The van der Waals surface area contributed by atoms with Gasteiger partial charge in [0.1, 0.15) is 5.76 Å². The molecular weight excluding hydrogens is 280 g/mol. The smallest absolute Gasteiger partial charge is 0.122 e. The van der Waals surface area contributed by atoms with E-state index in [2.05, 4.69) is 54.6 Å². The number of nitrogens with one attached hydrogen (secondary N) is 1. The monoisotopic (exact) mass is 306 g/mol. The molecule has 4 heteroatoms. The third-order valence-electron chi connectivity index (χ3n) is 3.59. The van der Waals surface area contributed by atoms with Crippen LogP contribution in [0.5, 0.6) is 0 Å². The lowest BCUT2D eigenvalue weighted by Crippen LogP contribution is -2.30. The number of furan rings is 1. The first kappa shape index (κ1) is 16.3. The van der Waals surface area contributed by atoms with E-state index in [1.54, 1.807) is 0 Å². The van der Waals surface area contributed by atoms with E-state index in [1.165, 1.54) is 10.4 Å². The van der Waals surface area contributed by atoms with Gasteiger partial charge in [0.15, 0.2) is 0 Å². The number of nitrogens with zero attached hydrogens (tertiary/aromatic N) is 1. The topological polar surface area (TPSA) is 28.4 Å². The first-order valence-corrected chi connectivity index (χ1v) is 8.61. The molecule has 0 saturated carbocycles. The van der Waals surface area contributed by atoms with Crippen molar-refractivity contribution in [3.05, 3.63) is 46.0 Å². The Labute approximate surface area is 132 Å². The highest BCUT2D eigenvalue weighted by Crippen LogP contribution is 2.19. The van der Waals surface area contributed by atoms with Gasteiger partial charge in [0.2, 0.25) is 0 Å². The van der Waals surface area contributed by atoms with Crippen molar-refractivity contribution in [1.82, 2.24) is 10.2 Å². The molecule has 0 unspecified atom stereocenters. The summed E-state index contributed by atoms with van der Waals surface area (Å²) in [6.45, 7) is 10.5. The Balaban J connectivity index is 1.98. The molecule has 0 saturated heterocycles. The molecule has 0 aromatic carbocycles. The van der Waals surface area contributed by atoms with Crippen LogP contribution in [0.1, 0.15) is 43.4 Å². The molecule has 0 aliphatic heterocycles. The van der Waals surface area contributed by atoms with Crippen LogP contribution < -0.4 is 5.32 Å². The van der Waals surface area contributed by atoms with Gasteiger partial charge in [-0.15, -0.1) is 11.3 Å². The van der Waals surface area contributed by atoms with Crippen LogP contribution in [0.15, 0.2) is 34.3 Å². The lowest BCUT2D eigenvalue weighted by Gasteiger charge is -2.25. The zero-order chi connectivity index (χ0) is 15.1. The van der Waals surface area contributed by atoms with Gasteiger partial charge in [-0.2, -0.15) is 0 Å². The molecule has 0 aliphatic carbocycles. The van der Waals surface area contributed by atoms with Gasteiger partial charge in [0, 0.05) is 29.6 Å². The Kier molecular flexibility index (Phi) is 6.49. The van der Waals surface area contributed by atoms with Crippen LogP contribution in [0, 0.1) is 0 Å². The summed E-state index contributed by atoms with van der Waals surface area (Å²) >= 11 is 1.82. The summed E-state index contributed by atoms with van der Waals surface area (Å²) in [5.74, 6) is 1.07. The highest BCUT2D eigenvalue weighted by atomic mass is 32.1. The molecule has 2 aromatic rings. The van der Waals surface area contributed by atoms with Crippen LogP contribution in [0.25, 0.3) is 0 Å². The van der Waals surface area contributed by atoms with Crippen molar-refractivity contribution in [1.29, 1.82) is 0 Å². The lowest BCUT2D eigenvalue weighted by molar-refractivity contribution is 0.204. The molecule has 3 nitrogen and oxygen atoms in total. The summed E-state index contributed by atoms with van der Waals surface area (Å²) in [7, 11) is 0. The van der Waals surface area contributed by atoms with Gasteiger partial charge in [0.05, 0.1) is 12.8 Å². The average Bonchev–Trinajstić information content (AvgIpc) is 3.10. The van der Waals surface area contributed by atoms with Gasteiger partial charge < -0.3 is 9.73 Å². The van der Waals surface area contributed by atoms with Crippen LogP contribution in [0.3, 0.4) is 0 Å². The molecule has 2 heterocycles. The fourth-order valence-electron chi connectivity index (χ4n) is 2.28. The maximum absolute atomic E-state index is 5.64. The van der Waals surface area contributed by atoms with Crippen LogP contribution >= 0.6 is 11.3 Å². The Morgan fingerprint density at radius 2 is 2.14 bits per heavy atom. The number of thiophene rings is 1. The molecule has 21 heavy (non-hydrogen) atoms. The van der Waals surface area contributed by atoms with Crippen molar-refractivity contribution in [2.75, 3.05) is 6.54 Å². The highest BCUT2D eigenvalue weighted by molar-refractivity contribution is 7.09. The van der Waals surface area contributed by atoms with Crippen molar-refractivity contribution >= 4 is 11.3 Å². The minimum atomic E-state index is 0.512. The largest absolute Gasteiger partial charge is 0.468 e. The molecule has 0 amide bonds. The first-order valence-electron chi connectivity index (χ1n) is 7.73. The predicted octanol–water partition coefficient (Wildman–Crippen LogP) is 4.25. The van der Waals surface area contributed by atoms with E-state index < -0.39 is 0 Å². The minimum Gasteiger partial charge on any atom is -0.468 e. The molecule has 0 radical (unpaired) electrons. The molecule has 116 valence electrons. The van der Waals surface area contributed by atoms with E-state index in [-0.39, 0.29) is 0 Å². The normalized spacial score (nSPS) is 11.7. The molecule has 1 N–H and O–H groups in total. The molecule has 2 rings (SSSR count). The Morgan fingerprint density at radius 3 is 2.81 bits per heavy atom. The van der Waals surface area contributed by atoms with E-state index in [4.69, 9.17) is 4.42 Å². The van der Waals surface area contributed by atoms with Crippen molar-refractivity contribution in [2.24, 2.45) is 0 Å². The summed E-state index contributed by atoms with van der Waals surface area (Å²) in [5.41, 5.74) is 1.30. The van der Waals surface area contributed by atoms with Crippen LogP contribution in [0.4, 0.5) is 0 Å². The molecular formula is C17H26N2OS. The Bertz CT molecular complexity index is 505. The third kappa shape index (κ3) is 4.99. The maximum Gasteiger partial charge on any atom is 0.122 e. The first-order chi connectivity index (χ1) is 10.2. The second kappa shape index (κ2) is 8.37. The van der Waals surface area contributed by atoms with E-state index >= 15 is 0 Å². The molecule has 0 fully saturated rings. The zero-order valence-electron chi connectivity index (χ0n) is 13.3. The quantitative estimate of drug-likeness (QED) is 0.702. The van der Waals surface area contributed by atoms with Gasteiger partial charge in [-0.25, -0.2) is 0 Å². The van der Waals surface area contributed by atoms with E-state index in [0.717, 1.165) is 38.4 Å². The van der Waals surface area contributed by atoms with Crippen molar-refractivity contribution in [3.8, 4) is 0 Å². The van der Waals surface area contributed by atoms with Crippen LogP contribution in [-0.2, 0) is 19.6 Å². The molecule has 0 aliphatic rings. The fraction of sp³-hybridized carbons (Fsp3) is 0.529. The van der Waals surface area contributed by atoms with Gasteiger partial charge in [-0.1, -0.05) is 13.0 Å². The molecule has 0 spiro atoms. The van der Waals surface area contributed by atoms with Crippen molar-refractivity contribution in [2.45, 2.75) is 52.9 Å². The molecule has 2 aromatic heterocycles. The van der Waals surface area contributed by atoms with E-state index in [1.807, 2.05) is 17.6 Å². The summed E-state index contributed by atoms with van der Waals surface area (Å²) < 4.78 is 5.64. The van der Waals surface area contributed by atoms with Gasteiger partial charge in [-0.3, -0.25) is 4.90 Å². The fourth-order valence-corrected chi connectivity index (χ4v) is 3.01. The van der Waals surface area contributed by atoms with Crippen LogP contribution in [-0.4, -0.2) is 17.5 Å². The van der Waals surface area contributed by atoms with Crippen molar-refractivity contribution in [3.63, 3.8) is 0 Å². The second-order valence-electron chi connectivity index (χ2n) is 5.62. The van der Waals surface area contributed by atoms with Crippen LogP contribution in [0.2, 0.25) is 0 Å². The van der Waals surface area contributed by atoms with Gasteiger partial charge >= 0.3 is 0 Å². The summed E-state index contributed by atoms with van der Waals surface area (Å²) in [6.07, 6.45) is 2.95. The minimum absolute atomic E-state index is 0.512. The Morgan fingerprint density at radius 1 is 1.29 bits per heavy atom. The second-order valence-corrected chi connectivity index (χ2v) is 6.66.